The van der Waals surface area contributed by atoms with E-state index in [2.05, 4.69) is 5.32 Å². The number of hydrogen-bond donors (Lipinski definition) is 2. The molecule has 24 heavy (non-hydrogen) atoms. The number of benzene rings is 2. The third kappa shape index (κ3) is 3.71. The highest BCUT2D eigenvalue weighted by Gasteiger charge is 2.19. The number of fused-ring (bicyclic) bond motifs is 1. The van der Waals surface area contributed by atoms with Gasteiger partial charge >= 0.3 is 0 Å². The summed E-state index contributed by atoms with van der Waals surface area (Å²) in [5.41, 5.74) is 2.77. The van der Waals surface area contributed by atoms with Crippen molar-refractivity contribution in [1.82, 2.24) is 0 Å². The van der Waals surface area contributed by atoms with Gasteiger partial charge in [-0.25, -0.2) is 8.42 Å². The van der Waals surface area contributed by atoms with Gasteiger partial charge in [-0.05, 0) is 48.4 Å². The number of anilines is 1. The van der Waals surface area contributed by atoms with Crippen molar-refractivity contribution in [3.63, 3.8) is 0 Å². The summed E-state index contributed by atoms with van der Waals surface area (Å²) >= 11 is 0. The lowest BCUT2D eigenvalue weighted by atomic mass is 10.1. The highest BCUT2D eigenvalue weighted by atomic mass is 32.2. The molecule has 3 rings (SSSR count). The second-order valence-corrected chi connectivity index (χ2v) is 8.21. The highest BCUT2D eigenvalue weighted by Crippen LogP contribution is 2.31. The van der Waals surface area contributed by atoms with Crippen molar-refractivity contribution in [2.75, 3.05) is 18.1 Å². The first-order valence-corrected chi connectivity index (χ1v) is 9.73. The largest absolute Gasteiger partial charge is 0.490 e. The van der Waals surface area contributed by atoms with E-state index in [0.29, 0.717) is 12.1 Å². The van der Waals surface area contributed by atoms with E-state index < -0.39 is 15.9 Å². The van der Waals surface area contributed by atoms with Crippen molar-refractivity contribution in [3.8, 4) is 5.75 Å². The molecular formula is C18H21NO4S. The molecule has 0 fully saturated rings. The van der Waals surface area contributed by atoms with Gasteiger partial charge in [0.15, 0.2) is 9.84 Å². The summed E-state index contributed by atoms with van der Waals surface area (Å²) in [4.78, 5) is 0.249. The minimum absolute atomic E-state index is 0.203. The SMILES string of the molecule is CC1Cc2cc(NCC(O)c3ccc(S(C)(=O)=O)cc3)ccc2O1. The molecule has 2 N–H and O–H groups in total. The fraction of sp³-hybridized carbons (Fsp3) is 0.333. The Hall–Kier alpha value is -2.05. The summed E-state index contributed by atoms with van der Waals surface area (Å²) in [7, 11) is -3.22. The minimum atomic E-state index is -3.22. The van der Waals surface area contributed by atoms with E-state index in [1.54, 1.807) is 12.1 Å². The van der Waals surface area contributed by atoms with Crippen LogP contribution in [-0.2, 0) is 16.3 Å². The fourth-order valence-electron chi connectivity index (χ4n) is 2.80. The van der Waals surface area contributed by atoms with E-state index >= 15 is 0 Å². The lowest BCUT2D eigenvalue weighted by molar-refractivity contribution is 0.191. The normalized spacial score (nSPS) is 17.9. The molecule has 2 aromatic rings. The van der Waals surface area contributed by atoms with Crippen LogP contribution in [0.1, 0.15) is 24.2 Å². The molecule has 0 saturated heterocycles. The van der Waals surface area contributed by atoms with E-state index in [4.69, 9.17) is 4.74 Å². The Labute approximate surface area is 142 Å². The summed E-state index contributed by atoms with van der Waals surface area (Å²) in [6.45, 7) is 2.38. The quantitative estimate of drug-likeness (QED) is 0.869. The number of ether oxygens (including phenoxy) is 1. The molecule has 2 atom stereocenters. The number of rotatable bonds is 5. The Bertz CT molecular complexity index is 831. The van der Waals surface area contributed by atoms with E-state index in [0.717, 1.165) is 17.9 Å². The van der Waals surface area contributed by atoms with Crippen LogP contribution in [0.25, 0.3) is 0 Å². The van der Waals surface area contributed by atoms with E-state index in [1.807, 2.05) is 25.1 Å². The summed E-state index contributed by atoms with van der Waals surface area (Å²) in [6, 6.07) is 12.2. The maximum Gasteiger partial charge on any atom is 0.175 e. The van der Waals surface area contributed by atoms with Crippen molar-refractivity contribution >= 4 is 15.5 Å². The van der Waals surface area contributed by atoms with E-state index in [9.17, 15) is 13.5 Å². The molecule has 0 spiro atoms. The Morgan fingerprint density at radius 1 is 1.25 bits per heavy atom. The average Bonchev–Trinajstić information content (AvgIpc) is 2.91. The maximum atomic E-state index is 11.5. The van der Waals surface area contributed by atoms with Gasteiger partial charge in [0.1, 0.15) is 11.9 Å². The second kappa shape index (κ2) is 6.45. The number of sulfone groups is 1. The predicted octanol–water partition coefficient (Wildman–Crippen LogP) is 2.56. The zero-order valence-electron chi connectivity index (χ0n) is 13.7. The molecule has 128 valence electrons. The first-order valence-electron chi connectivity index (χ1n) is 7.84. The summed E-state index contributed by atoms with van der Waals surface area (Å²) < 4.78 is 28.6. The zero-order valence-corrected chi connectivity index (χ0v) is 14.5. The van der Waals surface area contributed by atoms with Crippen LogP contribution in [-0.4, -0.2) is 32.4 Å². The van der Waals surface area contributed by atoms with Gasteiger partial charge in [-0.1, -0.05) is 12.1 Å². The molecule has 0 aromatic heterocycles. The number of aliphatic hydroxyl groups is 1. The van der Waals surface area contributed by atoms with Gasteiger partial charge in [0.25, 0.3) is 0 Å². The highest BCUT2D eigenvalue weighted by molar-refractivity contribution is 7.90. The average molecular weight is 347 g/mol. The first kappa shape index (κ1) is 16.8. The molecule has 6 heteroatoms. The van der Waals surface area contributed by atoms with Gasteiger partial charge < -0.3 is 15.2 Å². The van der Waals surface area contributed by atoms with Crippen molar-refractivity contribution in [3.05, 3.63) is 53.6 Å². The Balaban J connectivity index is 1.63. The van der Waals surface area contributed by atoms with Gasteiger partial charge in [0.05, 0.1) is 11.0 Å². The van der Waals surface area contributed by atoms with Crippen molar-refractivity contribution in [2.24, 2.45) is 0 Å². The molecule has 0 aliphatic carbocycles. The molecule has 2 unspecified atom stereocenters. The smallest absolute Gasteiger partial charge is 0.175 e. The topological polar surface area (TPSA) is 75.6 Å². The molecule has 0 radical (unpaired) electrons. The first-order chi connectivity index (χ1) is 11.3. The second-order valence-electron chi connectivity index (χ2n) is 6.19. The third-order valence-corrected chi connectivity index (χ3v) is 5.22. The van der Waals surface area contributed by atoms with Crippen LogP contribution in [0.4, 0.5) is 5.69 Å². The standard InChI is InChI=1S/C18H21NO4S/c1-12-9-14-10-15(5-8-18(14)23-12)19-11-17(20)13-3-6-16(7-4-13)24(2,21)22/h3-8,10,12,17,19-20H,9,11H2,1-2H3. The van der Waals surface area contributed by atoms with Gasteiger partial charge in [-0.15, -0.1) is 0 Å². The molecular weight excluding hydrogens is 326 g/mol. The van der Waals surface area contributed by atoms with Crippen LogP contribution < -0.4 is 10.1 Å². The number of hydrogen-bond acceptors (Lipinski definition) is 5. The maximum absolute atomic E-state index is 11.5. The molecule has 0 bridgehead atoms. The molecule has 0 amide bonds. The molecule has 1 heterocycles. The van der Waals surface area contributed by atoms with Gasteiger partial charge in [0.2, 0.25) is 0 Å². The molecule has 2 aromatic carbocycles. The van der Waals surface area contributed by atoms with Crippen molar-refractivity contribution in [2.45, 2.75) is 30.4 Å². The van der Waals surface area contributed by atoms with Crippen LogP contribution in [0.15, 0.2) is 47.4 Å². The third-order valence-electron chi connectivity index (χ3n) is 4.09. The molecule has 0 saturated carbocycles. The van der Waals surface area contributed by atoms with Crippen LogP contribution in [0.3, 0.4) is 0 Å². The monoisotopic (exact) mass is 347 g/mol. The summed E-state index contributed by atoms with van der Waals surface area (Å²) in [5.74, 6) is 0.921. The van der Waals surface area contributed by atoms with Crippen LogP contribution in [0, 0.1) is 0 Å². The van der Waals surface area contributed by atoms with Crippen molar-refractivity contribution in [1.29, 1.82) is 0 Å². The summed E-state index contributed by atoms with van der Waals surface area (Å²) in [6.07, 6.45) is 1.54. The minimum Gasteiger partial charge on any atom is -0.490 e. The van der Waals surface area contributed by atoms with Gasteiger partial charge in [-0.3, -0.25) is 0 Å². The molecule has 1 aliphatic heterocycles. The van der Waals surface area contributed by atoms with Gasteiger partial charge in [-0.2, -0.15) is 0 Å². The van der Waals surface area contributed by atoms with Crippen LogP contribution >= 0.6 is 0 Å². The number of aliphatic hydroxyl groups excluding tert-OH is 1. The zero-order chi connectivity index (χ0) is 17.3. The van der Waals surface area contributed by atoms with Crippen molar-refractivity contribution < 1.29 is 18.3 Å². The molecule has 5 nitrogen and oxygen atoms in total. The Morgan fingerprint density at radius 3 is 2.62 bits per heavy atom. The number of nitrogens with one attached hydrogen (secondary N) is 1. The van der Waals surface area contributed by atoms with Crippen LogP contribution in [0.5, 0.6) is 5.75 Å². The van der Waals surface area contributed by atoms with Gasteiger partial charge in [0, 0.05) is 24.9 Å². The molecule has 1 aliphatic rings. The Morgan fingerprint density at radius 2 is 1.96 bits per heavy atom. The Kier molecular flexibility index (Phi) is 4.51. The fourth-order valence-corrected chi connectivity index (χ4v) is 3.43. The van der Waals surface area contributed by atoms with Crippen LogP contribution in [0.2, 0.25) is 0 Å². The van der Waals surface area contributed by atoms with E-state index in [1.165, 1.54) is 24.0 Å². The van der Waals surface area contributed by atoms with E-state index in [-0.39, 0.29) is 11.0 Å². The lowest BCUT2D eigenvalue weighted by Crippen LogP contribution is -2.12. The summed E-state index contributed by atoms with van der Waals surface area (Å²) in [5, 5.41) is 13.5. The predicted molar refractivity (Wildman–Crippen MR) is 93.2 cm³/mol. The lowest BCUT2D eigenvalue weighted by Gasteiger charge is -2.14.